The van der Waals surface area contributed by atoms with Crippen molar-refractivity contribution >= 4 is 17.6 Å². The molecule has 5 rings (SSSR count). The molecule has 0 unspecified atom stereocenters. The summed E-state index contributed by atoms with van der Waals surface area (Å²) in [4.78, 5) is 35.4. The normalized spacial score (nSPS) is 13.5. The molecule has 1 aliphatic rings. The number of benzene rings is 2. The van der Waals surface area contributed by atoms with Crippen LogP contribution in [-0.4, -0.2) is 49.7 Å². The Morgan fingerprint density at radius 3 is 2.56 bits per heavy atom. The van der Waals surface area contributed by atoms with E-state index >= 15 is 0 Å². The molecule has 2 aromatic heterocycles. The van der Waals surface area contributed by atoms with E-state index in [1.807, 2.05) is 0 Å². The maximum absolute atomic E-state index is 14.9. The largest absolute Gasteiger partial charge is 0.417 e. The summed E-state index contributed by atoms with van der Waals surface area (Å²) in [7, 11) is 1.53. The molecule has 1 saturated heterocycles. The fourth-order valence-electron chi connectivity index (χ4n) is 4.18. The number of carbonyl (C=O) groups excluding carboxylic acids is 2. The SMILES string of the molecule is Cn1ccc(-c2cc(C(=O)Nc3cnc(CN4CCNC4=O)nc3-c3ccccc3)c(F)cc2C(F)(F)F)n1. The van der Waals surface area contributed by atoms with Gasteiger partial charge in [0.15, 0.2) is 0 Å². The van der Waals surface area contributed by atoms with E-state index in [0.29, 0.717) is 30.2 Å². The van der Waals surface area contributed by atoms with E-state index in [-0.39, 0.29) is 30.0 Å². The van der Waals surface area contributed by atoms with Crippen LogP contribution in [0.2, 0.25) is 0 Å². The first-order valence-corrected chi connectivity index (χ1v) is 11.8. The summed E-state index contributed by atoms with van der Waals surface area (Å²) >= 11 is 0. The Kier molecular flexibility index (Phi) is 6.73. The molecule has 2 aromatic carbocycles. The number of anilines is 1. The average molecular weight is 539 g/mol. The molecule has 0 radical (unpaired) electrons. The zero-order valence-electron chi connectivity index (χ0n) is 20.5. The smallest absolute Gasteiger partial charge is 0.336 e. The van der Waals surface area contributed by atoms with Crippen LogP contribution < -0.4 is 10.6 Å². The van der Waals surface area contributed by atoms with Gasteiger partial charge in [-0.15, -0.1) is 0 Å². The third kappa shape index (κ3) is 5.42. The quantitative estimate of drug-likeness (QED) is 0.352. The van der Waals surface area contributed by atoms with Crippen LogP contribution >= 0.6 is 0 Å². The highest BCUT2D eigenvalue weighted by molar-refractivity contribution is 6.06. The molecule has 9 nitrogen and oxygen atoms in total. The van der Waals surface area contributed by atoms with Crippen molar-refractivity contribution in [1.29, 1.82) is 0 Å². The number of amides is 3. The van der Waals surface area contributed by atoms with Crippen molar-refractivity contribution in [2.24, 2.45) is 7.05 Å². The number of nitrogens with zero attached hydrogens (tertiary/aromatic N) is 5. The lowest BCUT2D eigenvalue weighted by molar-refractivity contribution is -0.137. The number of alkyl halides is 3. The molecule has 0 saturated carbocycles. The average Bonchev–Trinajstić information content (AvgIpc) is 3.52. The van der Waals surface area contributed by atoms with Crippen molar-refractivity contribution < 1.29 is 27.2 Å². The molecule has 200 valence electrons. The second-order valence-corrected chi connectivity index (χ2v) is 8.77. The van der Waals surface area contributed by atoms with E-state index in [9.17, 15) is 27.2 Å². The molecule has 39 heavy (non-hydrogen) atoms. The molecular weight excluding hydrogens is 518 g/mol. The van der Waals surface area contributed by atoms with Gasteiger partial charge in [0.25, 0.3) is 5.91 Å². The number of aromatic nitrogens is 4. The van der Waals surface area contributed by atoms with Gasteiger partial charge in [0, 0.05) is 37.5 Å². The predicted octanol–water partition coefficient (Wildman–Crippen LogP) is 4.48. The topological polar surface area (TPSA) is 105 Å². The summed E-state index contributed by atoms with van der Waals surface area (Å²) in [5.74, 6) is -2.04. The Morgan fingerprint density at radius 2 is 1.92 bits per heavy atom. The number of urea groups is 1. The van der Waals surface area contributed by atoms with Gasteiger partial charge in [-0.05, 0) is 18.2 Å². The highest BCUT2D eigenvalue weighted by Gasteiger charge is 2.36. The Balaban J connectivity index is 1.52. The molecular formula is C26H21F4N7O2. The molecule has 2 N–H and O–H groups in total. The third-order valence-corrected chi connectivity index (χ3v) is 6.06. The molecule has 3 amide bonds. The lowest BCUT2D eigenvalue weighted by Crippen LogP contribution is -2.28. The van der Waals surface area contributed by atoms with Gasteiger partial charge in [-0.2, -0.15) is 18.3 Å². The minimum atomic E-state index is -4.88. The van der Waals surface area contributed by atoms with Crippen molar-refractivity contribution in [3.8, 4) is 22.5 Å². The maximum Gasteiger partial charge on any atom is 0.417 e. The van der Waals surface area contributed by atoms with E-state index < -0.39 is 34.6 Å². The Morgan fingerprint density at radius 1 is 1.15 bits per heavy atom. The monoisotopic (exact) mass is 539 g/mol. The lowest BCUT2D eigenvalue weighted by atomic mass is 9.99. The molecule has 13 heteroatoms. The molecule has 0 aliphatic carbocycles. The van der Waals surface area contributed by atoms with Crippen molar-refractivity contribution in [3.05, 3.63) is 83.7 Å². The number of hydrogen-bond acceptors (Lipinski definition) is 5. The van der Waals surface area contributed by atoms with Gasteiger partial charge in [-0.3, -0.25) is 9.48 Å². The zero-order valence-corrected chi connectivity index (χ0v) is 20.5. The van der Waals surface area contributed by atoms with E-state index in [2.05, 4.69) is 25.7 Å². The summed E-state index contributed by atoms with van der Waals surface area (Å²) in [5.41, 5.74) is -1.36. The summed E-state index contributed by atoms with van der Waals surface area (Å²) in [5, 5.41) is 9.21. The molecule has 1 aliphatic heterocycles. The van der Waals surface area contributed by atoms with E-state index in [0.717, 1.165) is 6.07 Å². The van der Waals surface area contributed by atoms with Crippen molar-refractivity contribution in [3.63, 3.8) is 0 Å². The van der Waals surface area contributed by atoms with Gasteiger partial charge in [0.1, 0.15) is 11.6 Å². The zero-order chi connectivity index (χ0) is 27.7. The van der Waals surface area contributed by atoms with Crippen molar-refractivity contribution in [2.45, 2.75) is 12.7 Å². The van der Waals surface area contributed by atoms with Crippen molar-refractivity contribution in [1.82, 2.24) is 30.0 Å². The summed E-state index contributed by atoms with van der Waals surface area (Å²) in [6, 6.07) is 11.0. The second kappa shape index (κ2) is 10.2. The van der Waals surface area contributed by atoms with E-state index in [1.165, 1.54) is 35.1 Å². The number of carbonyl (C=O) groups is 2. The van der Waals surface area contributed by atoms with Gasteiger partial charge in [0.2, 0.25) is 0 Å². The van der Waals surface area contributed by atoms with Crippen LogP contribution in [0.25, 0.3) is 22.5 Å². The molecule has 0 spiro atoms. The van der Waals surface area contributed by atoms with Gasteiger partial charge in [0.05, 0.1) is 40.9 Å². The second-order valence-electron chi connectivity index (χ2n) is 8.77. The summed E-state index contributed by atoms with van der Waals surface area (Å²) in [6.07, 6.45) is -2.12. The van der Waals surface area contributed by atoms with Crippen molar-refractivity contribution in [2.75, 3.05) is 18.4 Å². The van der Waals surface area contributed by atoms with Gasteiger partial charge in [-0.1, -0.05) is 30.3 Å². The first-order chi connectivity index (χ1) is 18.6. The number of halogens is 4. The Hall–Kier alpha value is -4.81. The summed E-state index contributed by atoms with van der Waals surface area (Å²) < 4.78 is 57.3. The van der Waals surface area contributed by atoms with Crippen LogP contribution in [0, 0.1) is 5.82 Å². The number of nitrogens with one attached hydrogen (secondary N) is 2. The molecule has 0 bridgehead atoms. The van der Waals surface area contributed by atoms with Gasteiger partial charge < -0.3 is 15.5 Å². The first kappa shape index (κ1) is 25.8. The fourth-order valence-corrected chi connectivity index (χ4v) is 4.18. The van der Waals surface area contributed by atoms with Crippen LogP contribution in [0.15, 0.2) is 60.9 Å². The highest BCUT2D eigenvalue weighted by atomic mass is 19.4. The minimum absolute atomic E-state index is 0.0671. The predicted molar refractivity (Wildman–Crippen MR) is 133 cm³/mol. The van der Waals surface area contributed by atoms with Crippen LogP contribution in [-0.2, 0) is 19.8 Å². The van der Waals surface area contributed by atoms with Crippen LogP contribution in [0.1, 0.15) is 21.7 Å². The minimum Gasteiger partial charge on any atom is -0.336 e. The number of rotatable bonds is 6. The molecule has 0 atom stereocenters. The standard InChI is InChI=1S/C26H21F4N7O2/c1-36-9-7-20(35-36)16-11-17(19(27)12-18(16)26(28,29)30)24(38)33-21-13-32-22(14-37-10-8-31-25(37)39)34-23(21)15-5-3-2-4-6-15/h2-7,9,11-13H,8,10,14H2,1H3,(H,31,39)(H,33,38). The van der Waals surface area contributed by atoms with Gasteiger partial charge in [-0.25, -0.2) is 19.2 Å². The Bertz CT molecular complexity index is 1550. The molecule has 4 aromatic rings. The van der Waals surface area contributed by atoms with Crippen LogP contribution in [0.5, 0.6) is 0 Å². The maximum atomic E-state index is 14.9. The summed E-state index contributed by atoms with van der Waals surface area (Å²) in [6.45, 7) is 1.10. The first-order valence-electron chi connectivity index (χ1n) is 11.8. The lowest BCUT2D eigenvalue weighted by Gasteiger charge is -2.17. The Labute approximate surface area is 219 Å². The van der Waals surface area contributed by atoms with E-state index in [4.69, 9.17) is 0 Å². The van der Waals surface area contributed by atoms with E-state index in [1.54, 1.807) is 30.3 Å². The number of hydrogen-bond donors (Lipinski definition) is 2. The highest BCUT2D eigenvalue weighted by Crippen LogP contribution is 2.38. The fraction of sp³-hybridized carbons (Fsp3) is 0.192. The van der Waals surface area contributed by atoms with Gasteiger partial charge >= 0.3 is 12.2 Å². The molecule has 1 fully saturated rings. The van der Waals surface area contributed by atoms with Crippen LogP contribution in [0.4, 0.5) is 28.0 Å². The number of aryl methyl sites for hydroxylation is 1. The molecule has 3 heterocycles. The van der Waals surface area contributed by atoms with Crippen LogP contribution in [0.3, 0.4) is 0 Å². The third-order valence-electron chi connectivity index (χ3n) is 6.06.